The van der Waals surface area contributed by atoms with Crippen LogP contribution in [0.2, 0.25) is 5.02 Å². The summed E-state index contributed by atoms with van der Waals surface area (Å²) >= 11 is 6.48. The number of anilines is 2. The standard InChI is InChI=1S/C19H24ClN3O2/c1-5-14(24-3)12-18-13(2)21-19-22(9-6-10-23(18)19)17-8-7-15(25-4)11-16(17)20/h7-8,11-12,14H,2,5-6,9-10H2,1,3-4H3/b18-12-. The fourth-order valence-electron chi connectivity index (χ4n) is 3.19. The maximum absolute atomic E-state index is 6.48. The van der Waals surface area contributed by atoms with E-state index in [1.165, 1.54) is 0 Å². The van der Waals surface area contributed by atoms with Crippen LogP contribution in [0, 0.1) is 0 Å². The summed E-state index contributed by atoms with van der Waals surface area (Å²) in [4.78, 5) is 6.86. The molecule has 1 aromatic carbocycles. The molecular formula is C19H24ClN3O2. The second-order valence-corrected chi connectivity index (χ2v) is 6.47. The van der Waals surface area contributed by atoms with Crippen LogP contribution in [-0.4, -0.2) is 36.4 Å². The van der Waals surface area contributed by atoms with E-state index in [0.29, 0.717) is 5.02 Å². The number of rotatable bonds is 5. The Labute approximate surface area is 153 Å². The molecule has 0 saturated carbocycles. The molecule has 2 aromatic rings. The summed E-state index contributed by atoms with van der Waals surface area (Å²) in [5, 5.41) is 2.44. The monoisotopic (exact) mass is 361 g/mol. The number of imidazole rings is 1. The second kappa shape index (κ2) is 7.50. The van der Waals surface area contributed by atoms with Gasteiger partial charge < -0.3 is 18.9 Å². The fourth-order valence-corrected chi connectivity index (χ4v) is 3.46. The van der Waals surface area contributed by atoms with Gasteiger partial charge in [0, 0.05) is 26.3 Å². The van der Waals surface area contributed by atoms with Crippen molar-refractivity contribution in [1.29, 1.82) is 0 Å². The Morgan fingerprint density at radius 3 is 2.80 bits per heavy atom. The number of methoxy groups -OCH3 is 2. The SMILES string of the molecule is C=c1nc2n(/c1=C\C(CC)OC)CCCN2c1ccc(OC)cc1Cl. The first-order chi connectivity index (χ1) is 12.1. The van der Waals surface area contributed by atoms with Crippen LogP contribution in [0.25, 0.3) is 12.7 Å². The topological polar surface area (TPSA) is 39.5 Å². The van der Waals surface area contributed by atoms with Crippen molar-refractivity contribution in [2.75, 3.05) is 25.7 Å². The number of nitrogens with zero attached hydrogens (tertiary/aromatic N) is 3. The molecule has 1 unspecified atom stereocenters. The molecule has 25 heavy (non-hydrogen) atoms. The molecule has 5 nitrogen and oxygen atoms in total. The maximum Gasteiger partial charge on any atom is 0.211 e. The Morgan fingerprint density at radius 1 is 1.36 bits per heavy atom. The number of hydrogen-bond donors (Lipinski definition) is 0. The number of halogens is 1. The summed E-state index contributed by atoms with van der Waals surface area (Å²) in [6.45, 7) is 8.00. The summed E-state index contributed by atoms with van der Waals surface area (Å²) in [6.07, 6.45) is 4.08. The van der Waals surface area contributed by atoms with Gasteiger partial charge in [-0.25, -0.2) is 4.98 Å². The van der Waals surface area contributed by atoms with Gasteiger partial charge in [0.2, 0.25) is 5.95 Å². The summed E-state index contributed by atoms with van der Waals surface area (Å²) < 4.78 is 13.0. The number of ether oxygens (including phenoxy) is 2. The lowest BCUT2D eigenvalue weighted by Gasteiger charge is -2.30. The molecule has 0 aliphatic carbocycles. The average Bonchev–Trinajstić information content (AvgIpc) is 2.95. The predicted octanol–water partition coefficient (Wildman–Crippen LogP) is 2.70. The van der Waals surface area contributed by atoms with Crippen LogP contribution in [0.5, 0.6) is 5.75 Å². The van der Waals surface area contributed by atoms with Crippen molar-refractivity contribution < 1.29 is 9.47 Å². The molecular weight excluding hydrogens is 338 g/mol. The molecule has 3 rings (SSSR count). The molecule has 1 aliphatic heterocycles. The van der Waals surface area contributed by atoms with Crippen LogP contribution >= 0.6 is 11.6 Å². The third kappa shape index (κ3) is 3.39. The number of aromatic nitrogens is 2. The highest BCUT2D eigenvalue weighted by molar-refractivity contribution is 6.33. The minimum absolute atomic E-state index is 0.0567. The normalized spacial score (nSPS) is 16.0. The molecule has 1 atom stereocenters. The smallest absolute Gasteiger partial charge is 0.211 e. The average molecular weight is 362 g/mol. The lowest BCUT2D eigenvalue weighted by molar-refractivity contribution is 0.149. The molecule has 0 amide bonds. The van der Waals surface area contributed by atoms with Gasteiger partial charge in [-0.05, 0) is 31.1 Å². The van der Waals surface area contributed by atoms with Gasteiger partial charge >= 0.3 is 0 Å². The summed E-state index contributed by atoms with van der Waals surface area (Å²) in [6, 6.07) is 5.72. The summed E-state index contributed by atoms with van der Waals surface area (Å²) in [7, 11) is 3.36. The molecule has 0 N–H and O–H groups in total. The molecule has 2 heterocycles. The molecule has 6 heteroatoms. The minimum Gasteiger partial charge on any atom is -0.497 e. The third-order valence-electron chi connectivity index (χ3n) is 4.56. The van der Waals surface area contributed by atoms with E-state index in [2.05, 4.69) is 29.0 Å². The van der Waals surface area contributed by atoms with E-state index in [-0.39, 0.29) is 6.10 Å². The number of benzene rings is 1. The highest BCUT2D eigenvalue weighted by Crippen LogP contribution is 2.34. The number of fused-ring (bicyclic) bond motifs is 1. The first kappa shape index (κ1) is 17.8. The molecule has 0 saturated heterocycles. The first-order valence-corrected chi connectivity index (χ1v) is 8.88. The van der Waals surface area contributed by atoms with E-state index in [1.54, 1.807) is 14.2 Å². The molecule has 0 radical (unpaired) electrons. The maximum atomic E-state index is 6.48. The highest BCUT2D eigenvalue weighted by Gasteiger charge is 2.23. The van der Waals surface area contributed by atoms with Gasteiger partial charge in [-0.3, -0.25) is 0 Å². The zero-order valence-corrected chi connectivity index (χ0v) is 15.7. The molecule has 0 spiro atoms. The highest BCUT2D eigenvalue weighted by atomic mass is 35.5. The van der Waals surface area contributed by atoms with Crippen LogP contribution < -0.4 is 20.3 Å². The van der Waals surface area contributed by atoms with Gasteiger partial charge in [0.05, 0.1) is 34.6 Å². The van der Waals surface area contributed by atoms with E-state index < -0.39 is 0 Å². The Hall–Kier alpha value is -1.98. The van der Waals surface area contributed by atoms with Crippen LogP contribution in [0.15, 0.2) is 18.2 Å². The largest absolute Gasteiger partial charge is 0.497 e. The van der Waals surface area contributed by atoms with Crippen LogP contribution in [0.1, 0.15) is 19.8 Å². The van der Waals surface area contributed by atoms with Crippen LogP contribution in [-0.2, 0) is 11.3 Å². The first-order valence-electron chi connectivity index (χ1n) is 8.50. The van der Waals surface area contributed by atoms with Crippen molar-refractivity contribution in [2.24, 2.45) is 0 Å². The van der Waals surface area contributed by atoms with Crippen molar-refractivity contribution >= 4 is 35.9 Å². The Balaban J connectivity index is 2.08. The third-order valence-corrected chi connectivity index (χ3v) is 4.86. The molecule has 0 bridgehead atoms. The van der Waals surface area contributed by atoms with E-state index in [9.17, 15) is 0 Å². The number of hydrogen-bond acceptors (Lipinski definition) is 4. The quantitative estimate of drug-likeness (QED) is 0.821. The van der Waals surface area contributed by atoms with Crippen LogP contribution in [0.4, 0.5) is 11.6 Å². The fraction of sp³-hybridized carbons (Fsp3) is 0.421. The second-order valence-electron chi connectivity index (χ2n) is 6.07. The van der Waals surface area contributed by atoms with Gasteiger partial charge in [0.15, 0.2) is 0 Å². The van der Waals surface area contributed by atoms with Crippen molar-refractivity contribution in [3.63, 3.8) is 0 Å². The van der Waals surface area contributed by atoms with E-state index in [4.69, 9.17) is 26.1 Å². The minimum atomic E-state index is 0.0567. The van der Waals surface area contributed by atoms with Gasteiger partial charge in [-0.1, -0.05) is 25.1 Å². The Morgan fingerprint density at radius 2 is 2.16 bits per heavy atom. The van der Waals surface area contributed by atoms with Crippen molar-refractivity contribution in [3.05, 3.63) is 33.9 Å². The van der Waals surface area contributed by atoms with Crippen molar-refractivity contribution in [3.8, 4) is 5.75 Å². The molecule has 134 valence electrons. The van der Waals surface area contributed by atoms with Gasteiger partial charge in [-0.15, -0.1) is 0 Å². The zero-order chi connectivity index (χ0) is 18.0. The van der Waals surface area contributed by atoms with E-state index in [1.807, 2.05) is 18.2 Å². The van der Waals surface area contributed by atoms with Crippen LogP contribution in [0.3, 0.4) is 0 Å². The Kier molecular flexibility index (Phi) is 5.35. The lowest BCUT2D eigenvalue weighted by Crippen LogP contribution is -2.35. The lowest BCUT2D eigenvalue weighted by atomic mass is 10.2. The van der Waals surface area contributed by atoms with Gasteiger partial charge in [0.25, 0.3) is 0 Å². The van der Waals surface area contributed by atoms with E-state index in [0.717, 1.165) is 54.0 Å². The predicted molar refractivity (Wildman–Crippen MR) is 102 cm³/mol. The van der Waals surface area contributed by atoms with Crippen molar-refractivity contribution in [1.82, 2.24) is 9.55 Å². The summed E-state index contributed by atoms with van der Waals surface area (Å²) in [5.41, 5.74) is 0.929. The Bertz CT molecular complexity index is 858. The summed E-state index contributed by atoms with van der Waals surface area (Å²) in [5.74, 6) is 1.62. The zero-order valence-electron chi connectivity index (χ0n) is 15.0. The molecule has 0 fully saturated rings. The van der Waals surface area contributed by atoms with Gasteiger partial charge in [0.1, 0.15) is 5.75 Å². The van der Waals surface area contributed by atoms with Gasteiger partial charge in [-0.2, -0.15) is 0 Å². The molecule has 1 aliphatic rings. The molecule has 1 aromatic heterocycles. The van der Waals surface area contributed by atoms with Crippen molar-refractivity contribution in [2.45, 2.75) is 32.4 Å². The van der Waals surface area contributed by atoms with E-state index >= 15 is 0 Å².